The minimum absolute atomic E-state index is 0.0851. The van der Waals surface area contributed by atoms with Gasteiger partial charge in [-0.3, -0.25) is 4.79 Å². The molecule has 2 heteroatoms. The Morgan fingerprint density at radius 3 is 2.08 bits per heavy atom. The van der Waals surface area contributed by atoms with Gasteiger partial charge in [0, 0.05) is 18.6 Å². The van der Waals surface area contributed by atoms with Crippen molar-refractivity contribution in [3.8, 4) is 0 Å². The lowest BCUT2D eigenvalue weighted by Gasteiger charge is -2.38. The van der Waals surface area contributed by atoms with E-state index in [2.05, 4.69) is 13.8 Å². The lowest BCUT2D eigenvalue weighted by molar-refractivity contribution is -0.135. The zero-order valence-electron chi connectivity index (χ0n) is 8.22. The Hall–Kier alpha value is -0.370. The first kappa shape index (κ1) is 9.72. The molecule has 0 amide bonds. The smallest absolute Gasteiger partial charge is 0.136 e. The van der Waals surface area contributed by atoms with Crippen molar-refractivity contribution in [2.75, 3.05) is 13.2 Å². The van der Waals surface area contributed by atoms with Gasteiger partial charge in [0.2, 0.25) is 0 Å². The standard InChI is InChI=1S/C10H18O2/c1-8(2)10(9(3)11)4-6-12-7-5-10/h8H,4-7H2,1-3H3. The molecule has 0 spiro atoms. The van der Waals surface area contributed by atoms with Gasteiger partial charge in [0.05, 0.1) is 0 Å². The summed E-state index contributed by atoms with van der Waals surface area (Å²) in [6.45, 7) is 7.47. The van der Waals surface area contributed by atoms with Crippen LogP contribution in [0.1, 0.15) is 33.6 Å². The largest absolute Gasteiger partial charge is 0.381 e. The first-order valence-corrected chi connectivity index (χ1v) is 4.68. The van der Waals surface area contributed by atoms with Gasteiger partial charge in [0.15, 0.2) is 0 Å². The molecule has 2 nitrogen and oxygen atoms in total. The van der Waals surface area contributed by atoms with Crippen molar-refractivity contribution in [1.82, 2.24) is 0 Å². The van der Waals surface area contributed by atoms with Crippen LogP contribution in [-0.2, 0) is 9.53 Å². The SMILES string of the molecule is CC(=O)C1(C(C)C)CCOCC1. The van der Waals surface area contributed by atoms with Crippen LogP contribution in [0, 0.1) is 11.3 Å². The highest BCUT2D eigenvalue weighted by atomic mass is 16.5. The number of carbonyl (C=O) groups excluding carboxylic acids is 1. The number of Topliss-reactive ketones (excluding diaryl/α,β-unsaturated/α-hetero) is 1. The van der Waals surface area contributed by atoms with Gasteiger partial charge >= 0.3 is 0 Å². The van der Waals surface area contributed by atoms with E-state index in [0.29, 0.717) is 11.7 Å². The van der Waals surface area contributed by atoms with Gasteiger partial charge in [-0.25, -0.2) is 0 Å². The molecule has 12 heavy (non-hydrogen) atoms. The van der Waals surface area contributed by atoms with Crippen molar-refractivity contribution < 1.29 is 9.53 Å². The van der Waals surface area contributed by atoms with Crippen LogP contribution in [-0.4, -0.2) is 19.0 Å². The van der Waals surface area contributed by atoms with Crippen LogP contribution in [0.4, 0.5) is 0 Å². The highest BCUT2D eigenvalue weighted by Gasteiger charge is 2.39. The highest BCUT2D eigenvalue weighted by molar-refractivity contribution is 5.82. The zero-order chi connectivity index (χ0) is 9.19. The van der Waals surface area contributed by atoms with E-state index in [1.807, 2.05) is 0 Å². The second-order valence-electron chi connectivity index (χ2n) is 3.98. The van der Waals surface area contributed by atoms with Crippen LogP contribution < -0.4 is 0 Å². The number of hydrogen-bond donors (Lipinski definition) is 0. The molecule has 0 saturated carbocycles. The molecule has 0 aromatic rings. The second kappa shape index (κ2) is 3.56. The minimum Gasteiger partial charge on any atom is -0.381 e. The van der Waals surface area contributed by atoms with Gasteiger partial charge in [-0.05, 0) is 25.7 Å². The van der Waals surface area contributed by atoms with Gasteiger partial charge < -0.3 is 4.74 Å². The van der Waals surface area contributed by atoms with Crippen molar-refractivity contribution in [1.29, 1.82) is 0 Å². The third-order valence-electron chi connectivity index (χ3n) is 3.19. The number of rotatable bonds is 2. The maximum Gasteiger partial charge on any atom is 0.136 e. The van der Waals surface area contributed by atoms with Crippen LogP contribution in [0.5, 0.6) is 0 Å². The van der Waals surface area contributed by atoms with E-state index in [4.69, 9.17) is 4.74 Å². The summed E-state index contributed by atoms with van der Waals surface area (Å²) in [6, 6.07) is 0. The lowest BCUT2D eigenvalue weighted by Crippen LogP contribution is -2.40. The molecule has 0 aliphatic carbocycles. The fourth-order valence-corrected chi connectivity index (χ4v) is 2.07. The zero-order valence-corrected chi connectivity index (χ0v) is 8.22. The van der Waals surface area contributed by atoms with Crippen molar-refractivity contribution in [3.63, 3.8) is 0 Å². The highest BCUT2D eigenvalue weighted by Crippen LogP contribution is 2.38. The van der Waals surface area contributed by atoms with E-state index in [0.717, 1.165) is 26.1 Å². The summed E-state index contributed by atoms with van der Waals surface area (Å²) < 4.78 is 5.27. The summed E-state index contributed by atoms with van der Waals surface area (Å²) in [5.41, 5.74) is -0.0851. The molecule has 0 atom stereocenters. The van der Waals surface area contributed by atoms with E-state index in [1.165, 1.54) is 0 Å². The average Bonchev–Trinajstić information content (AvgIpc) is 2.05. The Morgan fingerprint density at radius 2 is 1.83 bits per heavy atom. The Kier molecular flexibility index (Phi) is 2.89. The van der Waals surface area contributed by atoms with Crippen LogP contribution >= 0.6 is 0 Å². The summed E-state index contributed by atoms with van der Waals surface area (Å²) in [5, 5.41) is 0. The average molecular weight is 170 g/mol. The predicted octanol–water partition coefficient (Wildman–Crippen LogP) is 2.03. The quantitative estimate of drug-likeness (QED) is 0.634. The summed E-state index contributed by atoms with van der Waals surface area (Å²) in [6.07, 6.45) is 1.81. The van der Waals surface area contributed by atoms with Gasteiger partial charge in [0.25, 0.3) is 0 Å². The van der Waals surface area contributed by atoms with Gasteiger partial charge in [-0.1, -0.05) is 13.8 Å². The molecule has 0 aromatic carbocycles. The molecule has 1 heterocycles. The molecule has 1 aliphatic heterocycles. The minimum atomic E-state index is -0.0851. The summed E-state index contributed by atoms with van der Waals surface area (Å²) >= 11 is 0. The van der Waals surface area contributed by atoms with E-state index in [1.54, 1.807) is 6.92 Å². The van der Waals surface area contributed by atoms with Crippen LogP contribution in [0.15, 0.2) is 0 Å². The predicted molar refractivity (Wildman–Crippen MR) is 48.0 cm³/mol. The second-order valence-corrected chi connectivity index (χ2v) is 3.98. The Labute approximate surface area is 74.3 Å². The summed E-state index contributed by atoms with van der Waals surface area (Å²) in [4.78, 5) is 11.5. The monoisotopic (exact) mass is 170 g/mol. The van der Waals surface area contributed by atoms with Crippen molar-refractivity contribution in [2.24, 2.45) is 11.3 Å². The maximum atomic E-state index is 11.5. The number of ketones is 1. The third kappa shape index (κ3) is 1.53. The molecule has 1 rings (SSSR count). The van der Waals surface area contributed by atoms with Crippen LogP contribution in [0.25, 0.3) is 0 Å². The van der Waals surface area contributed by atoms with Gasteiger partial charge in [-0.15, -0.1) is 0 Å². The molecule has 0 aromatic heterocycles. The molecular formula is C10H18O2. The Bertz CT molecular complexity index is 167. The molecule has 1 fully saturated rings. The van der Waals surface area contributed by atoms with Crippen LogP contribution in [0.3, 0.4) is 0 Å². The molecular weight excluding hydrogens is 152 g/mol. The lowest BCUT2D eigenvalue weighted by atomic mass is 9.69. The molecule has 1 aliphatic rings. The fourth-order valence-electron chi connectivity index (χ4n) is 2.07. The molecule has 0 unspecified atom stereocenters. The van der Waals surface area contributed by atoms with E-state index < -0.39 is 0 Å². The number of ether oxygens (including phenoxy) is 1. The van der Waals surface area contributed by atoms with E-state index in [-0.39, 0.29) is 5.41 Å². The van der Waals surface area contributed by atoms with Crippen LogP contribution in [0.2, 0.25) is 0 Å². The molecule has 70 valence electrons. The fraction of sp³-hybridized carbons (Fsp3) is 0.900. The first-order valence-electron chi connectivity index (χ1n) is 4.68. The Morgan fingerprint density at radius 1 is 1.33 bits per heavy atom. The summed E-state index contributed by atoms with van der Waals surface area (Å²) in [7, 11) is 0. The summed E-state index contributed by atoms with van der Waals surface area (Å²) in [5.74, 6) is 0.778. The molecule has 0 radical (unpaired) electrons. The molecule has 1 saturated heterocycles. The third-order valence-corrected chi connectivity index (χ3v) is 3.19. The van der Waals surface area contributed by atoms with Gasteiger partial charge in [-0.2, -0.15) is 0 Å². The molecule has 0 N–H and O–H groups in total. The molecule has 0 bridgehead atoms. The van der Waals surface area contributed by atoms with Gasteiger partial charge in [0.1, 0.15) is 5.78 Å². The number of carbonyl (C=O) groups is 1. The van der Waals surface area contributed by atoms with E-state index in [9.17, 15) is 4.79 Å². The van der Waals surface area contributed by atoms with Crippen molar-refractivity contribution in [3.05, 3.63) is 0 Å². The maximum absolute atomic E-state index is 11.5. The number of hydrogen-bond acceptors (Lipinski definition) is 2. The van der Waals surface area contributed by atoms with E-state index >= 15 is 0 Å². The van der Waals surface area contributed by atoms with Crippen molar-refractivity contribution in [2.45, 2.75) is 33.6 Å². The first-order chi connectivity index (χ1) is 5.59. The topological polar surface area (TPSA) is 26.3 Å². The Balaban J connectivity index is 2.77. The normalized spacial score (nSPS) is 22.7. The van der Waals surface area contributed by atoms with Crippen molar-refractivity contribution >= 4 is 5.78 Å².